The van der Waals surface area contributed by atoms with Crippen molar-refractivity contribution in [3.63, 3.8) is 0 Å². The third-order valence-corrected chi connectivity index (χ3v) is 1.87. The monoisotopic (exact) mass is 194 g/mol. The number of ether oxygens (including phenoxy) is 2. The van der Waals surface area contributed by atoms with Crippen LogP contribution < -0.4 is 0 Å². The molecular formula is C7H14O4S. The van der Waals surface area contributed by atoms with E-state index in [1.54, 1.807) is 7.11 Å². The summed E-state index contributed by atoms with van der Waals surface area (Å²) in [6.07, 6.45) is 0. The number of hydrogen-bond acceptors (Lipinski definition) is 5. The SMILES string of the molecule is COCCOCCSC(=O)CO. The number of aliphatic hydroxyl groups excluding tert-OH is 1. The van der Waals surface area contributed by atoms with Crippen molar-refractivity contribution in [2.45, 2.75) is 0 Å². The molecule has 0 aromatic rings. The topological polar surface area (TPSA) is 55.8 Å². The van der Waals surface area contributed by atoms with Gasteiger partial charge in [-0.3, -0.25) is 4.79 Å². The minimum atomic E-state index is -0.400. The van der Waals surface area contributed by atoms with Crippen LogP contribution in [0, 0.1) is 0 Å². The molecule has 0 rings (SSSR count). The second-order valence-electron chi connectivity index (χ2n) is 1.98. The Morgan fingerprint density at radius 2 is 2.17 bits per heavy atom. The van der Waals surface area contributed by atoms with E-state index in [0.717, 1.165) is 11.8 Å². The van der Waals surface area contributed by atoms with Crippen LogP contribution in [0.25, 0.3) is 0 Å². The van der Waals surface area contributed by atoms with Crippen molar-refractivity contribution < 1.29 is 19.4 Å². The Morgan fingerprint density at radius 1 is 1.42 bits per heavy atom. The second-order valence-corrected chi connectivity index (χ2v) is 3.14. The van der Waals surface area contributed by atoms with Crippen LogP contribution in [-0.2, 0) is 14.3 Å². The van der Waals surface area contributed by atoms with E-state index in [9.17, 15) is 4.79 Å². The molecular weight excluding hydrogens is 180 g/mol. The molecule has 0 fully saturated rings. The Bertz CT molecular complexity index is 118. The van der Waals surface area contributed by atoms with Crippen LogP contribution >= 0.6 is 11.8 Å². The maximum Gasteiger partial charge on any atom is 0.214 e. The maximum absolute atomic E-state index is 10.5. The Hall–Kier alpha value is -0.100. The van der Waals surface area contributed by atoms with E-state index < -0.39 is 6.61 Å². The van der Waals surface area contributed by atoms with Crippen LogP contribution in [0.15, 0.2) is 0 Å². The van der Waals surface area contributed by atoms with Crippen molar-refractivity contribution in [2.75, 3.05) is 39.3 Å². The van der Waals surface area contributed by atoms with Crippen molar-refractivity contribution >= 4 is 16.9 Å². The van der Waals surface area contributed by atoms with Gasteiger partial charge < -0.3 is 14.6 Å². The van der Waals surface area contributed by atoms with Gasteiger partial charge in [-0.1, -0.05) is 11.8 Å². The third kappa shape index (κ3) is 8.00. The van der Waals surface area contributed by atoms with Gasteiger partial charge in [-0.15, -0.1) is 0 Å². The lowest BCUT2D eigenvalue weighted by Gasteiger charge is -2.01. The van der Waals surface area contributed by atoms with Gasteiger partial charge in [0.15, 0.2) is 0 Å². The van der Waals surface area contributed by atoms with Crippen molar-refractivity contribution in [3.8, 4) is 0 Å². The van der Waals surface area contributed by atoms with Crippen molar-refractivity contribution in [1.82, 2.24) is 0 Å². The zero-order valence-electron chi connectivity index (χ0n) is 7.12. The highest BCUT2D eigenvalue weighted by Crippen LogP contribution is 1.99. The quantitative estimate of drug-likeness (QED) is 0.574. The smallest absolute Gasteiger partial charge is 0.214 e. The first kappa shape index (κ1) is 11.9. The summed E-state index contributed by atoms with van der Waals surface area (Å²) < 4.78 is 9.84. The van der Waals surface area contributed by atoms with Crippen LogP contribution in [0.5, 0.6) is 0 Å². The van der Waals surface area contributed by atoms with Crippen LogP contribution in [0.4, 0.5) is 0 Å². The number of carbonyl (C=O) groups excluding carboxylic acids is 1. The molecule has 4 nitrogen and oxygen atoms in total. The van der Waals surface area contributed by atoms with Gasteiger partial charge in [0.25, 0.3) is 0 Å². The summed E-state index contributed by atoms with van der Waals surface area (Å²) in [7, 11) is 1.60. The molecule has 0 aromatic heterocycles. The van der Waals surface area contributed by atoms with Gasteiger partial charge in [0.2, 0.25) is 5.12 Å². The lowest BCUT2D eigenvalue weighted by atomic mass is 10.7. The van der Waals surface area contributed by atoms with Gasteiger partial charge in [-0.2, -0.15) is 0 Å². The summed E-state index contributed by atoms with van der Waals surface area (Å²) in [4.78, 5) is 10.5. The minimum Gasteiger partial charge on any atom is -0.388 e. The largest absolute Gasteiger partial charge is 0.388 e. The van der Waals surface area contributed by atoms with Gasteiger partial charge in [-0.25, -0.2) is 0 Å². The van der Waals surface area contributed by atoms with E-state index in [-0.39, 0.29) is 5.12 Å². The van der Waals surface area contributed by atoms with E-state index >= 15 is 0 Å². The molecule has 0 aliphatic rings. The first-order valence-electron chi connectivity index (χ1n) is 3.64. The highest BCUT2D eigenvalue weighted by atomic mass is 32.2. The molecule has 0 aromatic carbocycles. The maximum atomic E-state index is 10.5. The minimum absolute atomic E-state index is 0.217. The molecule has 0 bridgehead atoms. The summed E-state index contributed by atoms with van der Waals surface area (Å²) in [5.41, 5.74) is 0. The molecule has 0 unspecified atom stereocenters. The zero-order valence-corrected chi connectivity index (χ0v) is 7.93. The van der Waals surface area contributed by atoms with Crippen LogP contribution in [0.2, 0.25) is 0 Å². The number of methoxy groups -OCH3 is 1. The van der Waals surface area contributed by atoms with Gasteiger partial charge in [-0.05, 0) is 0 Å². The van der Waals surface area contributed by atoms with Crippen LogP contribution in [0.3, 0.4) is 0 Å². The fraction of sp³-hybridized carbons (Fsp3) is 0.857. The number of thioether (sulfide) groups is 1. The molecule has 12 heavy (non-hydrogen) atoms. The van der Waals surface area contributed by atoms with Gasteiger partial charge in [0, 0.05) is 12.9 Å². The van der Waals surface area contributed by atoms with Crippen LogP contribution in [0.1, 0.15) is 0 Å². The van der Waals surface area contributed by atoms with Crippen molar-refractivity contribution in [1.29, 1.82) is 0 Å². The summed E-state index contributed by atoms with van der Waals surface area (Å²) in [6.45, 7) is 1.23. The fourth-order valence-corrected chi connectivity index (χ4v) is 1.02. The third-order valence-electron chi connectivity index (χ3n) is 1.05. The van der Waals surface area contributed by atoms with Gasteiger partial charge >= 0.3 is 0 Å². The molecule has 0 aliphatic heterocycles. The molecule has 0 saturated carbocycles. The number of carbonyl (C=O) groups is 1. The van der Waals surface area contributed by atoms with E-state index in [4.69, 9.17) is 14.6 Å². The number of hydrogen-bond donors (Lipinski definition) is 1. The van der Waals surface area contributed by atoms with Gasteiger partial charge in [0.1, 0.15) is 6.61 Å². The average Bonchev–Trinajstić information content (AvgIpc) is 2.10. The summed E-state index contributed by atoms with van der Waals surface area (Å²) in [5.74, 6) is 0.586. The summed E-state index contributed by atoms with van der Waals surface area (Å²) >= 11 is 1.08. The molecule has 0 amide bonds. The normalized spacial score (nSPS) is 10.2. The predicted octanol–water partition coefficient (Wildman–Crippen LogP) is -0.0985. The molecule has 0 radical (unpaired) electrons. The van der Waals surface area contributed by atoms with E-state index in [2.05, 4.69) is 0 Å². The molecule has 0 saturated heterocycles. The Labute approximate surface area is 76.2 Å². The lowest BCUT2D eigenvalue weighted by molar-refractivity contribution is -0.113. The fourth-order valence-electron chi connectivity index (χ4n) is 0.504. The predicted molar refractivity (Wildman–Crippen MR) is 47.2 cm³/mol. The van der Waals surface area contributed by atoms with Crippen LogP contribution in [-0.4, -0.2) is 49.5 Å². The number of rotatable bonds is 7. The highest BCUT2D eigenvalue weighted by molar-refractivity contribution is 8.13. The Balaban J connectivity index is 2.95. The molecule has 0 aliphatic carbocycles. The first-order chi connectivity index (χ1) is 5.81. The Kier molecular flexibility index (Phi) is 8.92. The summed E-state index contributed by atoms with van der Waals surface area (Å²) in [6, 6.07) is 0. The molecule has 5 heteroatoms. The Morgan fingerprint density at radius 3 is 2.75 bits per heavy atom. The lowest BCUT2D eigenvalue weighted by Crippen LogP contribution is -2.07. The molecule has 1 N–H and O–H groups in total. The zero-order chi connectivity index (χ0) is 9.23. The van der Waals surface area contributed by atoms with E-state index in [0.29, 0.717) is 25.6 Å². The first-order valence-corrected chi connectivity index (χ1v) is 4.63. The average molecular weight is 194 g/mol. The van der Waals surface area contributed by atoms with Crippen molar-refractivity contribution in [3.05, 3.63) is 0 Å². The van der Waals surface area contributed by atoms with E-state index in [1.807, 2.05) is 0 Å². The number of aliphatic hydroxyl groups is 1. The van der Waals surface area contributed by atoms with E-state index in [1.165, 1.54) is 0 Å². The van der Waals surface area contributed by atoms with Gasteiger partial charge in [0.05, 0.1) is 19.8 Å². The molecule has 0 atom stereocenters. The highest BCUT2D eigenvalue weighted by Gasteiger charge is 1.98. The molecule has 0 heterocycles. The second kappa shape index (κ2) is 8.99. The van der Waals surface area contributed by atoms with Crippen molar-refractivity contribution in [2.24, 2.45) is 0 Å². The molecule has 0 spiro atoms. The standard InChI is InChI=1S/C7H14O4S/c1-10-2-3-11-4-5-12-7(9)6-8/h8H,2-6H2,1H3. The summed E-state index contributed by atoms with van der Waals surface area (Å²) in [5, 5.41) is 8.13. The molecule has 72 valence electrons.